The Morgan fingerprint density at radius 3 is 1.84 bits per heavy atom. The van der Waals surface area contributed by atoms with Crippen LogP contribution in [0.2, 0.25) is 0 Å². The molecule has 0 spiro atoms. The van der Waals surface area contributed by atoms with Crippen molar-refractivity contribution in [3.8, 4) is 0 Å². The number of sulfonamides is 1. The summed E-state index contributed by atoms with van der Waals surface area (Å²) in [6.07, 6.45) is 9.45. The van der Waals surface area contributed by atoms with Crippen LogP contribution in [0.4, 0.5) is 4.39 Å². The van der Waals surface area contributed by atoms with E-state index in [9.17, 15) is 12.8 Å². The molecule has 1 atom stereocenters. The van der Waals surface area contributed by atoms with E-state index in [-0.39, 0.29) is 12.2 Å². The minimum absolute atomic E-state index is 0.0428. The number of halogens is 1. The Kier molecular flexibility index (Phi) is 6.02. The molecule has 0 saturated heterocycles. The Morgan fingerprint density at radius 2 is 1.38 bits per heavy atom. The van der Waals surface area contributed by atoms with Crippen LogP contribution < -0.4 is 5.14 Å². The molecule has 7 nitrogen and oxygen atoms in total. The first-order valence-corrected chi connectivity index (χ1v) is 11.4. The standard InChI is InChI=1S/C23H20FN5O2S/c24-20-8-6-17(7-9-20)23(18-4-1-10-26-15-18,19-5-2-11-27-16-19)14-21(32(25,30)31)22-28-12-3-13-29-22/h1-13,15-16,21H,14H2,(H2,25,30,31). The van der Waals surface area contributed by atoms with Gasteiger partial charge in [-0.05, 0) is 53.4 Å². The van der Waals surface area contributed by atoms with Gasteiger partial charge < -0.3 is 0 Å². The molecule has 9 heteroatoms. The third-order valence-corrected chi connectivity index (χ3v) is 6.58. The summed E-state index contributed by atoms with van der Waals surface area (Å²) in [4.78, 5) is 16.8. The topological polar surface area (TPSA) is 112 Å². The van der Waals surface area contributed by atoms with E-state index >= 15 is 0 Å². The Balaban J connectivity index is 2.03. The number of hydrogen-bond acceptors (Lipinski definition) is 6. The summed E-state index contributed by atoms with van der Waals surface area (Å²) in [5.74, 6) is -0.330. The van der Waals surface area contributed by atoms with Gasteiger partial charge in [-0.2, -0.15) is 0 Å². The van der Waals surface area contributed by atoms with Crippen molar-refractivity contribution in [2.24, 2.45) is 5.14 Å². The lowest BCUT2D eigenvalue weighted by molar-refractivity contribution is 0.506. The van der Waals surface area contributed by atoms with Crippen LogP contribution in [0, 0.1) is 5.82 Å². The van der Waals surface area contributed by atoms with Gasteiger partial charge in [-0.25, -0.2) is 27.9 Å². The molecular weight excluding hydrogens is 429 g/mol. The number of rotatable bonds is 7. The second-order valence-electron chi connectivity index (χ2n) is 7.28. The molecule has 32 heavy (non-hydrogen) atoms. The largest absolute Gasteiger partial charge is 0.264 e. The fraction of sp³-hybridized carbons (Fsp3) is 0.130. The summed E-state index contributed by atoms with van der Waals surface area (Å²) in [6, 6.07) is 14.7. The summed E-state index contributed by atoms with van der Waals surface area (Å²) in [6.45, 7) is 0. The van der Waals surface area contributed by atoms with Crippen molar-refractivity contribution in [3.63, 3.8) is 0 Å². The molecule has 1 unspecified atom stereocenters. The quantitative estimate of drug-likeness (QED) is 0.464. The van der Waals surface area contributed by atoms with Crippen molar-refractivity contribution >= 4 is 10.0 Å². The third kappa shape index (κ3) is 4.25. The van der Waals surface area contributed by atoms with Gasteiger partial charge in [-0.3, -0.25) is 9.97 Å². The van der Waals surface area contributed by atoms with Crippen LogP contribution in [0.3, 0.4) is 0 Å². The monoisotopic (exact) mass is 449 g/mol. The molecule has 0 saturated carbocycles. The number of nitrogens with zero attached hydrogens (tertiary/aromatic N) is 4. The third-order valence-electron chi connectivity index (χ3n) is 5.41. The molecule has 2 N–H and O–H groups in total. The number of aromatic nitrogens is 4. The van der Waals surface area contributed by atoms with Gasteiger partial charge in [0.25, 0.3) is 0 Å². The SMILES string of the molecule is NS(=O)(=O)C(CC(c1ccc(F)cc1)(c1cccnc1)c1cccnc1)c1ncccn1. The van der Waals surface area contributed by atoms with E-state index in [1.165, 1.54) is 24.5 Å². The fourth-order valence-corrected chi connectivity index (χ4v) is 4.83. The molecule has 0 aliphatic carbocycles. The van der Waals surface area contributed by atoms with E-state index in [1.807, 2.05) is 12.1 Å². The number of pyridine rings is 2. The average molecular weight is 450 g/mol. The van der Waals surface area contributed by atoms with E-state index in [4.69, 9.17) is 5.14 Å². The lowest BCUT2D eigenvalue weighted by atomic mass is 9.67. The Morgan fingerprint density at radius 1 is 0.812 bits per heavy atom. The minimum Gasteiger partial charge on any atom is -0.264 e. The van der Waals surface area contributed by atoms with Crippen molar-refractivity contribution in [1.82, 2.24) is 19.9 Å². The summed E-state index contributed by atoms with van der Waals surface area (Å²) in [5, 5.41) is 4.44. The maximum absolute atomic E-state index is 13.8. The fourth-order valence-electron chi connectivity index (χ4n) is 3.93. The number of hydrogen-bond donors (Lipinski definition) is 1. The molecule has 162 valence electrons. The van der Waals surface area contributed by atoms with Gasteiger partial charge in [0, 0.05) is 42.6 Å². The van der Waals surface area contributed by atoms with Crippen LogP contribution >= 0.6 is 0 Å². The molecule has 1 aromatic carbocycles. The van der Waals surface area contributed by atoms with Crippen molar-refractivity contribution in [3.05, 3.63) is 120 Å². The van der Waals surface area contributed by atoms with E-state index in [0.717, 1.165) is 0 Å². The smallest absolute Gasteiger partial charge is 0.219 e. The van der Waals surface area contributed by atoms with Crippen LogP contribution in [0.5, 0.6) is 0 Å². The zero-order valence-corrected chi connectivity index (χ0v) is 17.7. The minimum atomic E-state index is -4.12. The lowest BCUT2D eigenvalue weighted by Crippen LogP contribution is -2.36. The summed E-state index contributed by atoms with van der Waals surface area (Å²) >= 11 is 0. The zero-order chi connectivity index (χ0) is 22.6. The van der Waals surface area contributed by atoms with E-state index in [1.54, 1.807) is 55.1 Å². The number of benzene rings is 1. The zero-order valence-electron chi connectivity index (χ0n) is 16.9. The Hall–Kier alpha value is -3.56. The molecule has 4 aromatic rings. The molecule has 0 fully saturated rings. The maximum Gasteiger partial charge on any atom is 0.219 e. The highest BCUT2D eigenvalue weighted by atomic mass is 32.2. The highest BCUT2D eigenvalue weighted by Gasteiger charge is 2.43. The molecule has 3 aromatic heterocycles. The van der Waals surface area contributed by atoms with Gasteiger partial charge in [-0.15, -0.1) is 0 Å². The molecule has 0 bridgehead atoms. The van der Waals surface area contributed by atoms with Gasteiger partial charge in [0.05, 0.1) is 0 Å². The van der Waals surface area contributed by atoms with Crippen molar-refractivity contribution in [1.29, 1.82) is 0 Å². The first-order valence-electron chi connectivity index (χ1n) is 9.77. The molecule has 0 aliphatic rings. The highest BCUT2D eigenvalue weighted by molar-refractivity contribution is 7.89. The summed E-state index contributed by atoms with van der Waals surface area (Å²) in [5.41, 5.74) is 0.977. The first-order chi connectivity index (χ1) is 15.4. The Labute approximate surface area is 185 Å². The average Bonchev–Trinajstić information content (AvgIpc) is 2.82. The van der Waals surface area contributed by atoms with E-state index in [2.05, 4.69) is 19.9 Å². The summed E-state index contributed by atoms with van der Waals surface area (Å²) < 4.78 is 39.4. The van der Waals surface area contributed by atoms with Crippen LogP contribution in [-0.4, -0.2) is 28.4 Å². The van der Waals surface area contributed by atoms with Crippen molar-refractivity contribution in [2.45, 2.75) is 17.1 Å². The predicted molar refractivity (Wildman–Crippen MR) is 117 cm³/mol. The summed E-state index contributed by atoms with van der Waals surface area (Å²) in [7, 11) is -4.12. The molecular formula is C23H20FN5O2S. The van der Waals surface area contributed by atoms with Crippen molar-refractivity contribution in [2.75, 3.05) is 0 Å². The van der Waals surface area contributed by atoms with Crippen LogP contribution in [0.15, 0.2) is 91.8 Å². The Bertz CT molecular complexity index is 1230. The molecule has 0 radical (unpaired) electrons. The first kappa shape index (κ1) is 21.7. The molecule has 0 amide bonds. The normalized spacial score (nSPS) is 12.9. The number of nitrogens with two attached hydrogens (primary N) is 1. The van der Waals surface area contributed by atoms with Gasteiger partial charge in [0.2, 0.25) is 10.0 Å². The van der Waals surface area contributed by atoms with Gasteiger partial charge in [-0.1, -0.05) is 24.3 Å². The molecule has 3 heterocycles. The maximum atomic E-state index is 13.8. The van der Waals surface area contributed by atoms with Crippen LogP contribution in [0.1, 0.15) is 34.2 Å². The van der Waals surface area contributed by atoms with E-state index in [0.29, 0.717) is 16.7 Å². The van der Waals surface area contributed by atoms with E-state index < -0.39 is 26.5 Å². The second-order valence-corrected chi connectivity index (χ2v) is 9.03. The van der Waals surface area contributed by atoms with Gasteiger partial charge in [0.1, 0.15) is 16.9 Å². The second kappa shape index (κ2) is 8.89. The highest BCUT2D eigenvalue weighted by Crippen LogP contribution is 2.46. The van der Waals surface area contributed by atoms with Gasteiger partial charge in [0.15, 0.2) is 0 Å². The molecule has 0 aliphatic heterocycles. The van der Waals surface area contributed by atoms with Crippen LogP contribution in [0.25, 0.3) is 0 Å². The van der Waals surface area contributed by atoms with Crippen LogP contribution in [-0.2, 0) is 15.4 Å². The van der Waals surface area contributed by atoms with Gasteiger partial charge >= 0.3 is 0 Å². The lowest BCUT2D eigenvalue weighted by Gasteiger charge is -2.37. The van der Waals surface area contributed by atoms with Crippen molar-refractivity contribution < 1.29 is 12.8 Å². The predicted octanol–water partition coefficient (Wildman–Crippen LogP) is 3.16. The number of primary sulfonamides is 1. The molecule has 4 rings (SSSR count).